The quantitative estimate of drug-likeness (QED) is 0.816. The lowest BCUT2D eigenvalue weighted by Crippen LogP contribution is -2.25. The summed E-state index contributed by atoms with van der Waals surface area (Å²) in [6, 6.07) is 7.39. The molecular formula is C12H13NO3. The normalized spacial score (nSPS) is 22.6. The second kappa shape index (κ2) is 3.30. The molecule has 0 unspecified atom stereocenters. The second-order valence-electron chi connectivity index (χ2n) is 4.32. The van der Waals surface area contributed by atoms with E-state index in [4.69, 9.17) is 4.84 Å². The Balaban J connectivity index is 2.03. The number of benzene rings is 1. The van der Waals surface area contributed by atoms with Crippen LogP contribution in [0.15, 0.2) is 24.3 Å². The van der Waals surface area contributed by atoms with Crippen LogP contribution in [-0.2, 0) is 15.2 Å². The van der Waals surface area contributed by atoms with Gasteiger partial charge in [0, 0.05) is 5.56 Å². The van der Waals surface area contributed by atoms with Gasteiger partial charge in [0.15, 0.2) is 0 Å². The number of nitrogens with zero attached hydrogens (tertiary/aromatic N) is 1. The zero-order valence-electron chi connectivity index (χ0n) is 8.85. The Labute approximate surface area is 93.4 Å². The van der Waals surface area contributed by atoms with Gasteiger partial charge in [0.1, 0.15) is 0 Å². The largest absolute Gasteiger partial charge is 0.385 e. The van der Waals surface area contributed by atoms with Gasteiger partial charge in [0.05, 0.1) is 24.3 Å². The summed E-state index contributed by atoms with van der Waals surface area (Å²) in [5.41, 5.74) is 0.735. The van der Waals surface area contributed by atoms with E-state index in [2.05, 4.69) is 0 Å². The highest BCUT2D eigenvalue weighted by atomic mass is 16.7. The van der Waals surface area contributed by atoms with Gasteiger partial charge in [0.2, 0.25) is 0 Å². The molecule has 0 atom stereocenters. The van der Waals surface area contributed by atoms with E-state index in [0.717, 1.165) is 18.4 Å². The number of anilines is 1. The first kappa shape index (κ1) is 9.81. The SMILES string of the molecule is O=C1CCON1c1ccccc1C1(O)CC1. The van der Waals surface area contributed by atoms with Crippen molar-refractivity contribution in [1.29, 1.82) is 0 Å². The highest BCUT2D eigenvalue weighted by Gasteiger charge is 2.45. The summed E-state index contributed by atoms with van der Waals surface area (Å²) in [6.07, 6.45) is 1.92. The Bertz CT molecular complexity index is 440. The van der Waals surface area contributed by atoms with Gasteiger partial charge in [-0.2, -0.15) is 5.06 Å². The predicted molar refractivity (Wildman–Crippen MR) is 57.6 cm³/mol. The molecule has 1 saturated carbocycles. The summed E-state index contributed by atoms with van der Waals surface area (Å²) < 4.78 is 0. The molecule has 1 aromatic carbocycles. The van der Waals surface area contributed by atoms with Crippen molar-refractivity contribution in [2.45, 2.75) is 24.9 Å². The predicted octanol–water partition coefficient (Wildman–Crippen LogP) is 1.34. The Morgan fingerprint density at radius 2 is 2.06 bits per heavy atom. The number of amides is 1. The molecule has 1 saturated heterocycles. The van der Waals surface area contributed by atoms with E-state index in [0.29, 0.717) is 18.7 Å². The Hall–Kier alpha value is -1.39. The van der Waals surface area contributed by atoms with Crippen LogP contribution >= 0.6 is 0 Å². The highest BCUT2D eigenvalue weighted by molar-refractivity contribution is 5.93. The third-order valence-corrected chi connectivity index (χ3v) is 3.11. The molecule has 1 aromatic rings. The van der Waals surface area contributed by atoms with Gasteiger partial charge in [-0.15, -0.1) is 0 Å². The third kappa shape index (κ3) is 1.42. The van der Waals surface area contributed by atoms with Gasteiger partial charge < -0.3 is 5.11 Å². The summed E-state index contributed by atoms with van der Waals surface area (Å²) in [5.74, 6) is -0.0447. The highest BCUT2D eigenvalue weighted by Crippen LogP contribution is 2.49. The smallest absolute Gasteiger partial charge is 0.253 e. The van der Waals surface area contributed by atoms with Gasteiger partial charge in [-0.05, 0) is 18.9 Å². The summed E-state index contributed by atoms with van der Waals surface area (Å²) >= 11 is 0. The summed E-state index contributed by atoms with van der Waals surface area (Å²) in [7, 11) is 0. The molecule has 0 bridgehead atoms. The fraction of sp³-hybridized carbons (Fsp3) is 0.417. The van der Waals surface area contributed by atoms with Crippen LogP contribution in [0.4, 0.5) is 5.69 Å². The number of hydroxylamine groups is 1. The Morgan fingerprint density at radius 3 is 2.69 bits per heavy atom. The summed E-state index contributed by atoms with van der Waals surface area (Å²) in [6.45, 7) is 0.422. The van der Waals surface area contributed by atoms with Crippen molar-refractivity contribution in [3.8, 4) is 0 Å². The number of rotatable bonds is 2. The lowest BCUT2D eigenvalue weighted by Gasteiger charge is -2.20. The lowest BCUT2D eigenvalue weighted by atomic mass is 10.1. The molecule has 1 amide bonds. The van der Waals surface area contributed by atoms with Crippen LogP contribution in [0, 0.1) is 0 Å². The average molecular weight is 219 g/mol. The van der Waals surface area contributed by atoms with E-state index < -0.39 is 5.60 Å². The number of carbonyl (C=O) groups is 1. The van der Waals surface area contributed by atoms with Crippen LogP contribution < -0.4 is 5.06 Å². The number of hydrogen-bond donors (Lipinski definition) is 1. The lowest BCUT2D eigenvalue weighted by molar-refractivity contribution is -0.119. The molecule has 0 spiro atoms. The first-order valence-electron chi connectivity index (χ1n) is 5.48. The van der Waals surface area contributed by atoms with Gasteiger partial charge in [-0.1, -0.05) is 18.2 Å². The average Bonchev–Trinajstić information content (AvgIpc) is 2.89. The van der Waals surface area contributed by atoms with E-state index in [1.807, 2.05) is 24.3 Å². The van der Waals surface area contributed by atoms with Gasteiger partial charge in [-0.3, -0.25) is 9.63 Å². The number of aliphatic hydroxyl groups is 1. The van der Waals surface area contributed by atoms with Crippen LogP contribution in [0.1, 0.15) is 24.8 Å². The van der Waals surface area contributed by atoms with Gasteiger partial charge >= 0.3 is 0 Å². The van der Waals surface area contributed by atoms with Crippen LogP contribution in [0.2, 0.25) is 0 Å². The van der Waals surface area contributed by atoms with E-state index in [-0.39, 0.29) is 5.91 Å². The first-order valence-corrected chi connectivity index (χ1v) is 5.48. The molecule has 1 heterocycles. The molecule has 84 valence electrons. The maximum atomic E-state index is 11.6. The number of hydrogen-bond acceptors (Lipinski definition) is 3. The maximum absolute atomic E-state index is 11.6. The van der Waals surface area contributed by atoms with E-state index in [1.165, 1.54) is 5.06 Å². The van der Waals surface area contributed by atoms with E-state index >= 15 is 0 Å². The van der Waals surface area contributed by atoms with E-state index in [9.17, 15) is 9.90 Å². The van der Waals surface area contributed by atoms with Crippen molar-refractivity contribution < 1.29 is 14.7 Å². The molecule has 4 nitrogen and oxygen atoms in total. The Kier molecular flexibility index (Phi) is 2.02. The minimum atomic E-state index is -0.747. The second-order valence-corrected chi connectivity index (χ2v) is 4.32. The molecule has 1 aliphatic carbocycles. The van der Waals surface area contributed by atoms with Crippen molar-refractivity contribution in [2.75, 3.05) is 11.7 Å². The zero-order valence-corrected chi connectivity index (χ0v) is 8.85. The zero-order chi connectivity index (χ0) is 11.2. The first-order chi connectivity index (χ1) is 7.71. The molecular weight excluding hydrogens is 206 g/mol. The fourth-order valence-electron chi connectivity index (χ4n) is 2.03. The molecule has 0 aromatic heterocycles. The summed E-state index contributed by atoms with van der Waals surface area (Å²) in [5, 5.41) is 11.4. The Morgan fingerprint density at radius 1 is 1.31 bits per heavy atom. The van der Waals surface area contributed by atoms with Crippen LogP contribution in [0.5, 0.6) is 0 Å². The molecule has 2 fully saturated rings. The van der Waals surface area contributed by atoms with Gasteiger partial charge in [0.25, 0.3) is 5.91 Å². The van der Waals surface area contributed by atoms with Crippen molar-refractivity contribution in [3.63, 3.8) is 0 Å². The maximum Gasteiger partial charge on any atom is 0.253 e. The molecule has 0 radical (unpaired) electrons. The molecule has 1 N–H and O–H groups in total. The number of para-hydroxylation sites is 1. The monoisotopic (exact) mass is 219 g/mol. The molecule has 2 aliphatic rings. The van der Waals surface area contributed by atoms with Crippen LogP contribution in [0.3, 0.4) is 0 Å². The topological polar surface area (TPSA) is 49.8 Å². The molecule has 16 heavy (non-hydrogen) atoms. The van der Waals surface area contributed by atoms with Crippen LogP contribution in [0.25, 0.3) is 0 Å². The van der Waals surface area contributed by atoms with Crippen molar-refractivity contribution in [2.24, 2.45) is 0 Å². The summed E-state index contributed by atoms with van der Waals surface area (Å²) in [4.78, 5) is 16.9. The van der Waals surface area contributed by atoms with Crippen molar-refractivity contribution in [3.05, 3.63) is 29.8 Å². The standard InChI is InChI=1S/C12H13NO3/c14-11-5-8-16-13(11)10-4-2-1-3-9(10)12(15)6-7-12/h1-4,15H,5-8H2. The fourth-order valence-corrected chi connectivity index (χ4v) is 2.03. The molecule has 3 rings (SSSR count). The minimum Gasteiger partial charge on any atom is -0.385 e. The van der Waals surface area contributed by atoms with Crippen molar-refractivity contribution >= 4 is 11.6 Å². The third-order valence-electron chi connectivity index (χ3n) is 3.11. The van der Waals surface area contributed by atoms with Crippen molar-refractivity contribution in [1.82, 2.24) is 0 Å². The van der Waals surface area contributed by atoms with Crippen LogP contribution in [-0.4, -0.2) is 17.6 Å². The molecule has 1 aliphatic heterocycles. The van der Waals surface area contributed by atoms with Gasteiger partial charge in [-0.25, -0.2) is 0 Å². The minimum absolute atomic E-state index is 0.0447. The number of carbonyl (C=O) groups excluding carboxylic acids is 1. The molecule has 4 heteroatoms. The van der Waals surface area contributed by atoms with E-state index in [1.54, 1.807) is 0 Å².